The highest BCUT2D eigenvalue weighted by molar-refractivity contribution is 5.91. The quantitative estimate of drug-likeness (QED) is 0.507. The molecule has 0 saturated carbocycles. The summed E-state index contributed by atoms with van der Waals surface area (Å²) in [5.41, 5.74) is 1.86. The highest BCUT2D eigenvalue weighted by Crippen LogP contribution is 2.32. The van der Waals surface area contributed by atoms with E-state index in [1.54, 1.807) is 6.20 Å². The molecule has 3 saturated heterocycles. The first-order chi connectivity index (χ1) is 17.2. The monoisotopic (exact) mass is 480 g/mol. The second-order valence-corrected chi connectivity index (χ2v) is 9.17. The van der Waals surface area contributed by atoms with Gasteiger partial charge in [0.15, 0.2) is 5.65 Å². The molecule has 0 bridgehead atoms. The van der Waals surface area contributed by atoms with Crippen molar-refractivity contribution >= 4 is 22.9 Å². The number of amides is 1. The van der Waals surface area contributed by atoms with Gasteiger partial charge in [-0.05, 0) is 37.8 Å². The van der Waals surface area contributed by atoms with Crippen LogP contribution in [-0.2, 0) is 9.47 Å². The van der Waals surface area contributed by atoms with Crippen molar-refractivity contribution in [2.24, 2.45) is 0 Å². The lowest BCUT2D eigenvalue weighted by Gasteiger charge is -2.31. The Bertz CT molecular complexity index is 1190. The number of hydrogen-bond acceptors (Lipinski definition) is 10. The van der Waals surface area contributed by atoms with Crippen molar-refractivity contribution in [1.29, 1.82) is 0 Å². The first kappa shape index (κ1) is 22.1. The number of fused-ring (bicyclic) bond motifs is 1. The van der Waals surface area contributed by atoms with Crippen LogP contribution in [0.4, 0.5) is 5.95 Å². The second-order valence-electron chi connectivity index (χ2n) is 9.17. The fourth-order valence-corrected chi connectivity index (χ4v) is 4.70. The molecule has 1 atom stereocenters. The largest absolute Gasteiger partial charge is 0.461 e. The molecule has 3 aliphatic rings. The number of aromatic nitrogens is 6. The number of anilines is 1. The Hall–Kier alpha value is -3.38. The lowest BCUT2D eigenvalue weighted by atomic mass is 9.92. The van der Waals surface area contributed by atoms with E-state index in [1.807, 2.05) is 6.07 Å². The van der Waals surface area contributed by atoms with Crippen molar-refractivity contribution in [3.8, 4) is 6.01 Å². The number of piperidine rings is 1. The predicted molar refractivity (Wildman–Crippen MR) is 124 cm³/mol. The zero-order valence-electron chi connectivity index (χ0n) is 19.4. The number of pyridine rings is 1. The maximum atomic E-state index is 12.8. The van der Waals surface area contributed by atoms with Crippen molar-refractivity contribution in [2.75, 3.05) is 44.4 Å². The van der Waals surface area contributed by atoms with Crippen LogP contribution < -0.4 is 15.0 Å². The van der Waals surface area contributed by atoms with Crippen LogP contribution in [0.1, 0.15) is 47.9 Å². The smallest absolute Gasteiger partial charge is 0.322 e. The Balaban J connectivity index is 1.18. The van der Waals surface area contributed by atoms with Crippen molar-refractivity contribution in [3.63, 3.8) is 0 Å². The molecule has 35 heavy (non-hydrogen) atoms. The second kappa shape index (κ2) is 9.70. The first-order valence-electron chi connectivity index (χ1n) is 12.2. The Morgan fingerprint density at radius 2 is 2.09 bits per heavy atom. The molecule has 6 heterocycles. The fourth-order valence-electron chi connectivity index (χ4n) is 4.70. The zero-order chi connectivity index (χ0) is 23.6. The molecule has 0 radical (unpaired) electrons. The number of aromatic amines is 1. The summed E-state index contributed by atoms with van der Waals surface area (Å²) in [4.78, 5) is 32.5. The van der Waals surface area contributed by atoms with Gasteiger partial charge >= 0.3 is 6.01 Å². The minimum Gasteiger partial charge on any atom is -0.461 e. The zero-order valence-corrected chi connectivity index (χ0v) is 19.4. The van der Waals surface area contributed by atoms with Crippen LogP contribution in [0.5, 0.6) is 6.01 Å². The lowest BCUT2D eigenvalue weighted by molar-refractivity contribution is -0.00367. The maximum Gasteiger partial charge on any atom is 0.322 e. The van der Waals surface area contributed by atoms with E-state index in [0.717, 1.165) is 62.1 Å². The van der Waals surface area contributed by atoms with Gasteiger partial charge in [-0.2, -0.15) is 20.1 Å². The van der Waals surface area contributed by atoms with Crippen LogP contribution in [0.2, 0.25) is 0 Å². The Morgan fingerprint density at radius 1 is 1.20 bits per heavy atom. The molecule has 0 aliphatic carbocycles. The van der Waals surface area contributed by atoms with E-state index in [9.17, 15) is 4.79 Å². The van der Waals surface area contributed by atoms with Gasteiger partial charge < -0.3 is 24.4 Å². The number of hydrogen-bond donors (Lipinski definition) is 2. The Labute approximate surface area is 201 Å². The number of rotatable bonds is 7. The van der Waals surface area contributed by atoms with Crippen LogP contribution in [-0.4, -0.2) is 87.7 Å². The van der Waals surface area contributed by atoms with Crippen LogP contribution >= 0.6 is 0 Å². The highest BCUT2D eigenvalue weighted by Gasteiger charge is 2.28. The third kappa shape index (κ3) is 4.76. The van der Waals surface area contributed by atoms with E-state index < -0.39 is 0 Å². The van der Waals surface area contributed by atoms with Crippen LogP contribution in [0.25, 0.3) is 11.0 Å². The van der Waals surface area contributed by atoms with Crippen molar-refractivity contribution in [3.05, 3.63) is 29.8 Å². The van der Waals surface area contributed by atoms with Crippen molar-refractivity contribution < 1.29 is 19.0 Å². The molecule has 2 N–H and O–H groups in total. The predicted octanol–water partition coefficient (Wildman–Crippen LogP) is 1.21. The van der Waals surface area contributed by atoms with E-state index in [4.69, 9.17) is 14.2 Å². The maximum absolute atomic E-state index is 12.8. The number of nitrogens with one attached hydrogen (secondary N) is 2. The van der Waals surface area contributed by atoms with Gasteiger partial charge in [-0.25, -0.2) is 4.98 Å². The molecular formula is C23H28N8O4. The fraction of sp³-hybridized carbons (Fsp3) is 0.565. The Morgan fingerprint density at radius 3 is 2.86 bits per heavy atom. The van der Waals surface area contributed by atoms with E-state index in [1.165, 1.54) is 0 Å². The van der Waals surface area contributed by atoms with Gasteiger partial charge in [0.1, 0.15) is 6.61 Å². The molecule has 12 heteroatoms. The molecule has 12 nitrogen and oxygen atoms in total. The van der Waals surface area contributed by atoms with Gasteiger partial charge in [-0.1, -0.05) is 0 Å². The molecule has 0 spiro atoms. The summed E-state index contributed by atoms with van der Waals surface area (Å²) in [6.45, 7) is 3.54. The molecule has 3 fully saturated rings. The summed E-state index contributed by atoms with van der Waals surface area (Å²) in [6, 6.07) is 4.11. The standard InChI is InChI=1S/C23H28N8O4/c32-21(25-15-11-33-12-15)20-26-22(28-23(27-20)35-13-16-3-2-10-34-16)31-8-5-14(6-9-31)18-17-4-1-7-24-19(17)30-29-18/h1,4,7,14-16H,2-3,5-6,8-13H2,(H,25,32)(H,24,29,30)/t16-/m1/s1. The SMILES string of the molecule is O=C(NC1COC1)c1nc(OC[C@H]2CCCO2)nc(N2CCC(c3n[nH]c4ncccc34)CC2)n1. The average molecular weight is 481 g/mol. The molecular weight excluding hydrogens is 452 g/mol. The number of ether oxygens (including phenoxy) is 3. The summed E-state index contributed by atoms with van der Waals surface area (Å²) in [7, 11) is 0. The van der Waals surface area contributed by atoms with E-state index in [2.05, 4.69) is 46.4 Å². The third-order valence-corrected chi connectivity index (χ3v) is 6.73. The minimum atomic E-state index is -0.353. The lowest BCUT2D eigenvalue weighted by Crippen LogP contribution is -2.49. The summed E-state index contributed by atoms with van der Waals surface area (Å²) in [5, 5.41) is 11.5. The van der Waals surface area contributed by atoms with Gasteiger partial charge in [-0.3, -0.25) is 9.89 Å². The third-order valence-electron chi connectivity index (χ3n) is 6.73. The molecule has 3 aromatic rings. The summed E-state index contributed by atoms with van der Waals surface area (Å²) in [5.74, 6) is 0.456. The Kier molecular flexibility index (Phi) is 6.13. The van der Waals surface area contributed by atoms with Gasteiger partial charge in [-0.15, -0.1) is 0 Å². The number of carbonyl (C=O) groups is 1. The van der Waals surface area contributed by atoms with Crippen molar-refractivity contribution in [2.45, 2.75) is 43.7 Å². The molecule has 184 valence electrons. The van der Waals surface area contributed by atoms with Gasteiger partial charge in [0.2, 0.25) is 11.8 Å². The summed E-state index contributed by atoms with van der Waals surface area (Å²) >= 11 is 0. The average Bonchev–Trinajstić information content (AvgIpc) is 3.55. The van der Waals surface area contributed by atoms with Crippen molar-refractivity contribution in [1.82, 2.24) is 35.5 Å². The van der Waals surface area contributed by atoms with E-state index in [-0.39, 0.29) is 29.9 Å². The topological polar surface area (TPSA) is 140 Å². The minimum absolute atomic E-state index is 0.0205. The molecule has 0 unspecified atom stereocenters. The summed E-state index contributed by atoms with van der Waals surface area (Å²) in [6.07, 6.45) is 5.51. The van der Waals surface area contributed by atoms with Crippen LogP contribution in [0, 0.1) is 0 Å². The molecule has 3 aromatic heterocycles. The van der Waals surface area contributed by atoms with E-state index in [0.29, 0.717) is 31.7 Å². The number of nitrogens with zero attached hydrogens (tertiary/aromatic N) is 6. The molecule has 1 amide bonds. The number of carbonyl (C=O) groups excluding carboxylic acids is 1. The van der Waals surface area contributed by atoms with Crippen LogP contribution in [0.15, 0.2) is 18.3 Å². The van der Waals surface area contributed by atoms with Gasteiger partial charge in [0.25, 0.3) is 5.91 Å². The molecule has 6 rings (SSSR count). The van der Waals surface area contributed by atoms with Gasteiger partial charge in [0, 0.05) is 37.2 Å². The summed E-state index contributed by atoms with van der Waals surface area (Å²) < 4.78 is 16.6. The normalized spacial score (nSPS) is 21.3. The highest BCUT2D eigenvalue weighted by atomic mass is 16.5. The van der Waals surface area contributed by atoms with Gasteiger partial charge in [0.05, 0.1) is 31.1 Å². The number of H-pyrrole nitrogens is 1. The van der Waals surface area contributed by atoms with Crippen LogP contribution in [0.3, 0.4) is 0 Å². The van der Waals surface area contributed by atoms with E-state index >= 15 is 0 Å². The molecule has 3 aliphatic heterocycles. The first-order valence-corrected chi connectivity index (χ1v) is 12.2. The molecule has 0 aromatic carbocycles.